The third-order valence-corrected chi connectivity index (χ3v) is 6.36. The number of hydrogen-bond donors (Lipinski definition) is 1. The summed E-state index contributed by atoms with van der Waals surface area (Å²) in [5.41, 5.74) is 5.08. The second-order valence-electron chi connectivity index (χ2n) is 8.64. The van der Waals surface area contributed by atoms with E-state index >= 15 is 0 Å². The maximum atomic E-state index is 13.5. The van der Waals surface area contributed by atoms with E-state index in [1.165, 1.54) is 4.68 Å². The second kappa shape index (κ2) is 10.1. The predicted molar refractivity (Wildman–Crippen MR) is 133 cm³/mol. The Bertz CT molecular complexity index is 1230. The van der Waals surface area contributed by atoms with Crippen LogP contribution in [0, 0.1) is 6.92 Å². The molecule has 0 aliphatic heterocycles. The van der Waals surface area contributed by atoms with Crippen molar-refractivity contribution in [2.24, 2.45) is 0 Å². The van der Waals surface area contributed by atoms with Gasteiger partial charge in [0, 0.05) is 35.0 Å². The molecule has 0 saturated heterocycles. The zero-order valence-electron chi connectivity index (χ0n) is 20.2. The maximum absolute atomic E-state index is 13.5. The van der Waals surface area contributed by atoms with Gasteiger partial charge in [-0.2, -0.15) is 5.10 Å². The molecule has 34 heavy (non-hydrogen) atoms. The molecule has 0 fully saturated rings. The van der Waals surface area contributed by atoms with E-state index < -0.39 is 6.04 Å². The van der Waals surface area contributed by atoms with E-state index in [1.54, 1.807) is 32.4 Å². The molecule has 7 nitrogen and oxygen atoms in total. The summed E-state index contributed by atoms with van der Waals surface area (Å²) in [4.78, 5) is 26.9. The highest BCUT2D eigenvalue weighted by Crippen LogP contribution is 2.30. The van der Waals surface area contributed by atoms with Gasteiger partial charge in [-0.3, -0.25) is 9.59 Å². The highest BCUT2D eigenvalue weighted by atomic mass is 16.5. The van der Waals surface area contributed by atoms with Gasteiger partial charge in [0.2, 0.25) is 5.91 Å². The number of carbonyl (C=O) groups excluding carboxylic acids is 1. The van der Waals surface area contributed by atoms with Crippen molar-refractivity contribution in [3.05, 3.63) is 69.5 Å². The second-order valence-corrected chi connectivity index (χ2v) is 8.64. The summed E-state index contributed by atoms with van der Waals surface area (Å²) in [5, 5.41) is 7.70. The van der Waals surface area contributed by atoms with E-state index in [4.69, 9.17) is 14.6 Å². The van der Waals surface area contributed by atoms with Crippen molar-refractivity contribution in [2.75, 3.05) is 19.5 Å². The first-order chi connectivity index (χ1) is 16.4. The molecule has 4 rings (SSSR count). The maximum Gasteiger partial charge on any atom is 0.271 e. The molecule has 1 aromatic heterocycles. The number of amides is 1. The zero-order chi connectivity index (χ0) is 24.2. The Morgan fingerprint density at radius 2 is 1.65 bits per heavy atom. The van der Waals surface area contributed by atoms with Gasteiger partial charge < -0.3 is 14.8 Å². The smallest absolute Gasteiger partial charge is 0.271 e. The Kier molecular flexibility index (Phi) is 7.01. The lowest BCUT2D eigenvalue weighted by molar-refractivity contribution is -0.119. The Labute approximate surface area is 199 Å². The van der Waals surface area contributed by atoms with E-state index in [1.807, 2.05) is 38.1 Å². The summed E-state index contributed by atoms with van der Waals surface area (Å²) in [6.45, 7) is 3.92. The van der Waals surface area contributed by atoms with Gasteiger partial charge in [0.05, 0.1) is 19.9 Å². The molecule has 7 heteroatoms. The number of methoxy groups -OCH3 is 2. The number of carbonyl (C=O) groups is 1. The minimum absolute atomic E-state index is 0.171. The third-order valence-electron chi connectivity index (χ3n) is 6.36. The summed E-state index contributed by atoms with van der Waals surface area (Å²) in [6, 6.07) is 12.6. The number of anilines is 1. The normalized spacial score (nSPS) is 13.6. The van der Waals surface area contributed by atoms with E-state index in [9.17, 15) is 9.59 Å². The number of aromatic nitrogens is 2. The van der Waals surface area contributed by atoms with Crippen molar-refractivity contribution < 1.29 is 14.3 Å². The average Bonchev–Trinajstić information content (AvgIpc) is 2.86. The van der Waals surface area contributed by atoms with Gasteiger partial charge in [-0.15, -0.1) is 0 Å². The van der Waals surface area contributed by atoms with Crippen LogP contribution in [0.2, 0.25) is 0 Å². The molecule has 1 unspecified atom stereocenters. The lowest BCUT2D eigenvalue weighted by atomic mass is 9.89. The summed E-state index contributed by atoms with van der Waals surface area (Å²) in [7, 11) is 3.11. The highest BCUT2D eigenvalue weighted by molar-refractivity contribution is 5.94. The standard InChI is InChI=1S/C27H31N3O4/c1-5-24(26(31)28-19-14-20(33-3)16-21(15-19)34-4)30-27(32)23-9-7-6-8-22(23)25(29-30)18-12-10-17(2)11-13-18/h10-16,24H,5-9H2,1-4H3,(H,28,31). The SMILES string of the molecule is CCC(C(=O)Nc1cc(OC)cc(OC)c1)n1nc(-c2ccc(C)cc2)c2c(c1=O)CCCC2. The quantitative estimate of drug-likeness (QED) is 0.551. The summed E-state index contributed by atoms with van der Waals surface area (Å²) >= 11 is 0. The number of hydrogen-bond acceptors (Lipinski definition) is 5. The number of rotatable bonds is 7. The number of fused-ring (bicyclic) bond motifs is 1. The van der Waals surface area contributed by atoms with Crippen LogP contribution < -0.4 is 20.3 Å². The molecule has 0 radical (unpaired) electrons. The van der Waals surface area contributed by atoms with Gasteiger partial charge in [0.15, 0.2) is 0 Å². The van der Waals surface area contributed by atoms with Crippen molar-refractivity contribution in [1.82, 2.24) is 9.78 Å². The number of nitrogens with one attached hydrogen (secondary N) is 1. The van der Waals surface area contributed by atoms with Gasteiger partial charge in [0.25, 0.3) is 5.56 Å². The molecule has 2 aromatic carbocycles. The minimum Gasteiger partial charge on any atom is -0.497 e. The van der Waals surface area contributed by atoms with Gasteiger partial charge in [-0.05, 0) is 44.6 Å². The van der Waals surface area contributed by atoms with Crippen molar-refractivity contribution in [3.63, 3.8) is 0 Å². The molecule has 1 amide bonds. The molecule has 178 valence electrons. The van der Waals surface area contributed by atoms with Gasteiger partial charge in [0.1, 0.15) is 17.5 Å². The average molecular weight is 462 g/mol. The van der Waals surface area contributed by atoms with Crippen LogP contribution in [0.25, 0.3) is 11.3 Å². The molecule has 1 aliphatic carbocycles. The van der Waals surface area contributed by atoms with Crippen LogP contribution in [-0.2, 0) is 17.6 Å². The van der Waals surface area contributed by atoms with Crippen LogP contribution in [0.1, 0.15) is 48.9 Å². The van der Waals surface area contributed by atoms with Crippen LogP contribution in [-0.4, -0.2) is 29.9 Å². The van der Waals surface area contributed by atoms with E-state index in [-0.39, 0.29) is 11.5 Å². The topological polar surface area (TPSA) is 82.4 Å². The van der Waals surface area contributed by atoms with Crippen molar-refractivity contribution >= 4 is 11.6 Å². The first-order valence-corrected chi connectivity index (χ1v) is 11.7. The minimum atomic E-state index is -0.749. The van der Waals surface area contributed by atoms with E-state index in [0.717, 1.165) is 47.2 Å². The van der Waals surface area contributed by atoms with Crippen molar-refractivity contribution in [1.29, 1.82) is 0 Å². The van der Waals surface area contributed by atoms with Crippen molar-refractivity contribution in [3.8, 4) is 22.8 Å². The molecular weight excluding hydrogens is 430 g/mol. The molecule has 1 heterocycles. The molecular formula is C27H31N3O4. The first kappa shape index (κ1) is 23.5. The Morgan fingerprint density at radius 3 is 2.24 bits per heavy atom. The number of benzene rings is 2. The Morgan fingerprint density at radius 1 is 1.03 bits per heavy atom. The first-order valence-electron chi connectivity index (χ1n) is 11.7. The molecule has 0 spiro atoms. The Hall–Kier alpha value is -3.61. The molecule has 0 bridgehead atoms. The van der Waals surface area contributed by atoms with Crippen LogP contribution in [0.5, 0.6) is 11.5 Å². The third kappa shape index (κ3) is 4.69. The number of ether oxygens (including phenoxy) is 2. The largest absolute Gasteiger partial charge is 0.497 e. The van der Waals surface area contributed by atoms with Gasteiger partial charge in [-0.1, -0.05) is 36.8 Å². The van der Waals surface area contributed by atoms with Gasteiger partial charge >= 0.3 is 0 Å². The van der Waals surface area contributed by atoms with Crippen LogP contribution in [0.15, 0.2) is 47.3 Å². The molecule has 1 atom stereocenters. The fraction of sp³-hybridized carbons (Fsp3) is 0.370. The fourth-order valence-corrected chi connectivity index (χ4v) is 4.48. The predicted octanol–water partition coefficient (Wildman–Crippen LogP) is 4.70. The van der Waals surface area contributed by atoms with Gasteiger partial charge in [-0.25, -0.2) is 4.68 Å². The Balaban J connectivity index is 1.76. The van der Waals surface area contributed by atoms with E-state index in [2.05, 4.69) is 5.32 Å². The summed E-state index contributed by atoms with van der Waals surface area (Å²) in [6.07, 6.45) is 3.96. The van der Waals surface area contributed by atoms with Crippen molar-refractivity contribution in [2.45, 2.75) is 52.0 Å². The molecule has 1 aliphatic rings. The molecule has 3 aromatic rings. The number of aryl methyl sites for hydroxylation is 1. The lowest BCUT2D eigenvalue weighted by Gasteiger charge is -2.24. The lowest BCUT2D eigenvalue weighted by Crippen LogP contribution is -2.38. The van der Waals surface area contributed by atoms with Crippen LogP contribution in [0.4, 0.5) is 5.69 Å². The fourth-order valence-electron chi connectivity index (χ4n) is 4.48. The highest BCUT2D eigenvalue weighted by Gasteiger charge is 2.27. The molecule has 0 saturated carbocycles. The number of nitrogens with zero attached hydrogens (tertiary/aromatic N) is 2. The summed E-state index contributed by atoms with van der Waals surface area (Å²) < 4.78 is 12.0. The molecule has 1 N–H and O–H groups in total. The summed E-state index contributed by atoms with van der Waals surface area (Å²) in [5.74, 6) is 0.819. The van der Waals surface area contributed by atoms with E-state index in [0.29, 0.717) is 30.0 Å². The monoisotopic (exact) mass is 461 g/mol. The van der Waals surface area contributed by atoms with Crippen LogP contribution in [0.3, 0.4) is 0 Å². The van der Waals surface area contributed by atoms with Crippen LogP contribution >= 0.6 is 0 Å². The zero-order valence-corrected chi connectivity index (χ0v) is 20.2.